The third-order valence-corrected chi connectivity index (χ3v) is 3.42. The summed E-state index contributed by atoms with van der Waals surface area (Å²) in [5, 5.41) is 0. The van der Waals surface area contributed by atoms with Crippen LogP contribution in [0.3, 0.4) is 0 Å². The molecule has 100 valence electrons. The number of rotatable bonds is 9. The first kappa shape index (κ1) is 15.1. The molecule has 18 heavy (non-hydrogen) atoms. The van der Waals surface area contributed by atoms with E-state index in [4.69, 9.17) is 9.47 Å². The van der Waals surface area contributed by atoms with Gasteiger partial charge < -0.3 is 9.47 Å². The van der Waals surface area contributed by atoms with Gasteiger partial charge >= 0.3 is 0 Å². The molecule has 0 aliphatic carbocycles. The Labute approximate surface area is 113 Å². The fraction of sp³-hybridized carbons (Fsp3) is 0.500. The molecule has 0 aromatic heterocycles. The molecule has 0 fully saturated rings. The molecule has 1 aromatic carbocycles. The van der Waals surface area contributed by atoms with Crippen molar-refractivity contribution < 1.29 is 14.3 Å². The minimum absolute atomic E-state index is 0.0401. The average molecular weight is 268 g/mol. The maximum Gasteiger partial charge on any atom is 0.163 e. The highest BCUT2D eigenvalue weighted by Crippen LogP contribution is 2.18. The second-order valence-corrected chi connectivity index (χ2v) is 5.08. The van der Waals surface area contributed by atoms with Crippen molar-refractivity contribution in [2.45, 2.75) is 13.3 Å². The lowest BCUT2D eigenvalue weighted by Gasteiger charge is -2.09. The maximum atomic E-state index is 11.4. The Morgan fingerprint density at radius 1 is 1.22 bits per heavy atom. The van der Waals surface area contributed by atoms with E-state index in [0.29, 0.717) is 17.9 Å². The Morgan fingerprint density at radius 2 is 2.00 bits per heavy atom. The van der Waals surface area contributed by atoms with Crippen LogP contribution < -0.4 is 4.74 Å². The summed E-state index contributed by atoms with van der Waals surface area (Å²) >= 11 is 1.84. The number of Topliss-reactive ketones (excluding diaryl/α,β-unsaturated/α-hetero) is 1. The number of ketones is 1. The number of ether oxygens (including phenoxy) is 2. The molecule has 1 aromatic rings. The molecule has 0 bridgehead atoms. The summed E-state index contributed by atoms with van der Waals surface area (Å²) < 4.78 is 10.6. The van der Waals surface area contributed by atoms with Crippen LogP contribution >= 0.6 is 11.8 Å². The summed E-state index contributed by atoms with van der Waals surface area (Å²) in [6, 6.07) is 7.37. The van der Waals surface area contributed by atoms with E-state index in [1.54, 1.807) is 20.1 Å². The van der Waals surface area contributed by atoms with Gasteiger partial charge in [-0.1, -0.05) is 12.1 Å². The van der Waals surface area contributed by atoms with Gasteiger partial charge in [0, 0.05) is 19.5 Å². The summed E-state index contributed by atoms with van der Waals surface area (Å²) in [4.78, 5) is 11.4. The number of hydrogen-bond acceptors (Lipinski definition) is 4. The molecule has 0 radical (unpaired) electrons. The van der Waals surface area contributed by atoms with Crippen LogP contribution in [0.2, 0.25) is 0 Å². The molecular weight excluding hydrogens is 248 g/mol. The summed E-state index contributed by atoms with van der Waals surface area (Å²) in [5.74, 6) is 2.72. The molecule has 0 unspecified atom stereocenters. The number of benzene rings is 1. The van der Waals surface area contributed by atoms with Crippen molar-refractivity contribution in [3.63, 3.8) is 0 Å². The van der Waals surface area contributed by atoms with Crippen LogP contribution in [0.15, 0.2) is 24.3 Å². The molecule has 0 atom stereocenters. The van der Waals surface area contributed by atoms with Crippen LogP contribution in [0.4, 0.5) is 0 Å². The minimum Gasteiger partial charge on any atom is -0.492 e. The maximum absolute atomic E-state index is 11.4. The van der Waals surface area contributed by atoms with E-state index in [2.05, 4.69) is 0 Å². The molecule has 0 saturated carbocycles. The smallest absolute Gasteiger partial charge is 0.163 e. The molecule has 3 nitrogen and oxygen atoms in total. The molecule has 0 aliphatic rings. The molecule has 0 saturated heterocycles. The van der Waals surface area contributed by atoms with E-state index in [9.17, 15) is 4.79 Å². The van der Waals surface area contributed by atoms with Gasteiger partial charge in [0.1, 0.15) is 5.75 Å². The zero-order valence-corrected chi connectivity index (χ0v) is 11.8. The normalized spacial score (nSPS) is 10.3. The molecule has 0 N–H and O–H groups in total. The lowest BCUT2D eigenvalue weighted by atomic mass is 10.1. The number of carbonyl (C=O) groups is 1. The average Bonchev–Trinajstić information content (AvgIpc) is 2.38. The van der Waals surface area contributed by atoms with Crippen molar-refractivity contribution in [1.29, 1.82) is 0 Å². The van der Waals surface area contributed by atoms with Crippen LogP contribution in [-0.2, 0) is 4.74 Å². The van der Waals surface area contributed by atoms with E-state index in [-0.39, 0.29) is 5.78 Å². The monoisotopic (exact) mass is 268 g/mol. The number of thioether (sulfide) groups is 1. The van der Waals surface area contributed by atoms with Crippen molar-refractivity contribution in [3.05, 3.63) is 29.8 Å². The minimum atomic E-state index is 0.0401. The van der Waals surface area contributed by atoms with Crippen LogP contribution in [0, 0.1) is 0 Å². The first-order chi connectivity index (χ1) is 8.75. The van der Waals surface area contributed by atoms with Gasteiger partial charge in [-0.05, 0) is 31.2 Å². The molecule has 0 heterocycles. The number of methoxy groups -OCH3 is 1. The predicted octanol–water partition coefficient (Wildman–Crippen LogP) is 3.04. The van der Waals surface area contributed by atoms with E-state index < -0.39 is 0 Å². The zero-order valence-electron chi connectivity index (χ0n) is 11.0. The van der Waals surface area contributed by atoms with Gasteiger partial charge in [-0.15, -0.1) is 0 Å². The van der Waals surface area contributed by atoms with Gasteiger partial charge in [-0.3, -0.25) is 4.79 Å². The Balaban J connectivity index is 2.25. The topological polar surface area (TPSA) is 35.5 Å². The summed E-state index contributed by atoms with van der Waals surface area (Å²) in [6.45, 7) is 2.99. The second kappa shape index (κ2) is 9.00. The number of para-hydroxylation sites is 1. The van der Waals surface area contributed by atoms with E-state index in [0.717, 1.165) is 24.5 Å². The van der Waals surface area contributed by atoms with Gasteiger partial charge in [-0.25, -0.2) is 0 Å². The molecule has 0 amide bonds. The fourth-order valence-corrected chi connectivity index (χ4v) is 2.23. The zero-order chi connectivity index (χ0) is 13.2. The Kier molecular flexibility index (Phi) is 7.53. The lowest BCUT2D eigenvalue weighted by molar-refractivity contribution is 0.101. The van der Waals surface area contributed by atoms with E-state index in [1.807, 2.05) is 30.0 Å². The Hall–Kier alpha value is -1.00. The second-order valence-electron chi connectivity index (χ2n) is 3.86. The summed E-state index contributed by atoms with van der Waals surface area (Å²) in [7, 11) is 1.71. The van der Waals surface area contributed by atoms with E-state index >= 15 is 0 Å². The first-order valence-electron chi connectivity index (χ1n) is 6.05. The van der Waals surface area contributed by atoms with Crippen LogP contribution in [0.1, 0.15) is 23.7 Å². The molecule has 1 rings (SSSR count). The predicted molar refractivity (Wildman–Crippen MR) is 75.8 cm³/mol. The quantitative estimate of drug-likeness (QED) is 0.509. The highest BCUT2D eigenvalue weighted by molar-refractivity contribution is 7.99. The van der Waals surface area contributed by atoms with Crippen molar-refractivity contribution in [3.8, 4) is 5.75 Å². The Morgan fingerprint density at radius 3 is 2.72 bits per heavy atom. The number of hydrogen-bond donors (Lipinski definition) is 0. The SMILES string of the molecule is COCCCSCCOc1ccccc1C(C)=O. The van der Waals surface area contributed by atoms with Crippen LogP contribution in [-0.4, -0.2) is 37.6 Å². The van der Waals surface area contributed by atoms with Gasteiger partial charge in [0.25, 0.3) is 0 Å². The van der Waals surface area contributed by atoms with Crippen LogP contribution in [0.25, 0.3) is 0 Å². The summed E-state index contributed by atoms with van der Waals surface area (Å²) in [5.41, 5.74) is 0.655. The number of carbonyl (C=O) groups excluding carboxylic acids is 1. The van der Waals surface area contributed by atoms with Crippen molar-refractivity contribution in [2.75, 3.05) is 31.8 Å². The van der Waals surface area contributed by atoms with Gasteiger partial charge in [-0.2, -0.15) is 11.8 Å². The largest absolute Gasteiger partial charge is 0.492 e. The van der Waals surface area contributed by atoms with Gasteiger partial charge in [0.2, 0.25) is 0 Å². The lowest BCUT2D eigenvalue weighted by Crippen LogP contribution is -2.05. The molecule has 0 spiro atoms. The highest BCUT2D eigenvalue weighted by Gasteiger charge is 2.06. The van der Waals surface area contributed by atoms with Crippen molar-refractivity contribution >= 4 is 17.5 Å². The van der Waals surface area contributed by atoms with Crippen molar-refractivity contribution in [2.24, 2.45) is 0 Å². The fourth-order valence-electron chi connectivity index (χ4n) is 1.50. The molecule has 4 heteroatoms. The first-order valence-corrected chi connectivity index (χ1v) is 7.20. The Bertz CT molecular complexity index is 366. The van der Waals surface area contributed by atoms with Gasteiger partial charge in [0.15, 0.2) is 5.78 Å². The standard InChI is InChI=1S/C14H20O3S/c1-12(15)13-6-3-4-7-14(13)17-9-11-18-10-5-8-16-2/h3-4,6-7H,5,8-11H2,1-2H3. The van der Waals surface area contributed by atoms with Crippen LogP contribution in [0.5, 0.6) is 5.75 Å². The van der Waals surface area contributed by atoms with Crippen molar-refractivity contribution in [1.82, 2.24) is 0 Å². The van der Waals surface area contributed by atoms with E-state index in [1.165, 1.54) is 0 Å². The summed E-state index contributed by atoms with van der Waals surface area (Å²) in [6.07, 6.45) is 1.06. The molecular formula is C14H20O3S. The third kappa shape index (κ3) is 5.56. The molecule has 0 aliphatic heterocycles. The highest BCUT2D eigenvalue weighted by atomic mass is 32.2. The van der Waals surface area contributed by atoms with Gasteiger partial charge in [0.05, 0.1) is 12.2 Å². The third-order valence-electron chi connectivity index (χ3n) is 2.39.